The van der Waals surface area contributed by atoms with E-state index in [2.05, 4.69) is 25.9 Å². The third-order valence-corrected chi connectivity index (χ3v) is 3.56. The van der Waals surface area contributed by atoms with Gasteiger partial charge in [0, 0.05) is 36.5 Å². The van der Waals surface area contributed by atoms with E-state index in [0.717, 1.165) is 11.4 Å². The van der Waals surface area contributed by atoms with Gasteiger partial charge in [-0.25, -0.2) is 14.4 Å². The molecule has 0 radical (unpaired) electrons. The molecule has 0 bridgehead atoms. The van der Waals surface area contributed by atoms with Crippen LogP contribution in [0.5, 0.6) is 0 Å². The van der Waals surface area contributed by atoms with Crippen LogP contribution >= 0.6 is 0 Å². The van der Waals surface area contributed by atoms with Crippen LogP contribution in [0.1, 0.15) is 12.5 Å². The zero-order valence-corrected chi connectivity index (χ0v) is 14.2. The molecule has 0 spiro atoms. The molecule has 1 amide bonds. The second-order valence-electron chi connectivity index (χ2n) is 5.62. The minimum Gasteiger partial charge on any atom is -0.366 e. The number of carbonyl (C=O) groups is 1. The molecule has 0 atom stereocenters. The number of rotatable bonds is 6. The maximum atomic E-state index is 13.7. The molecule has 1 aromatic heterocycles. The van der Waals surface area contributed by atoms with Crippen molar-refractivity contribution in [2.75, 3.05) is 16.0 Å². The quantitative estimate of drug-likeness (QED) is 0.627. The Balaban J connectivity index is 1.63. The van der Waals surface area contributed by atoms with Gasteiger partial charge in [0.05, 0.1) is 0 Å². The van der Waals surface area contributed by atoms with Crippen molar-refractivity contribution >= 4 is 28.9 Å². The van der Waals surface area contributed by atoms with Gasteiger partial charge in [0.2, 0.25) is 5.91 Å². The zero-order valence-electron chi connectivity index (χ0n) is 14.2. The second kappa shape index (κ2) is 8.06. The van der Waals surface area contributed by atoms with E-state index >= 15 is 0 Å². The maximum Gasteiger partial charge on any atom is 0.221 e. The minimum absolute atomic E-state index is 0.118. The van der Waals surface area contributed by atoms with E-state index in [1.807, 2.05) is 12.1 Å². The summed E-state index contributed by atoms with van der Waals surface area (Å²) in [6.45, 7) is 1.79. The molecular weight excluding hydrogens is 333 g/mol. The Morgan fingerprint density at radius 3 is 2.42 bits per heavy atom. The Morgan fingerprint density at radius 2 is 1.69 bits per heavy atom. The van der Waals surface area contributed by atoms with Gasteiger partial charge in [-0.3, -0.25) is 4.79 Å². The van der Waals surface area contributed by atoms with Crippen LogP contribution in [0.3, 0.4) is 0 Å². The molecule has 0 aliphatic heterocycles. The first kappa shape index (κ1) is 17.3. The molecule has 1 heterocycles. The number of halogens is 1. The summed E-state index contributed by atoms with van der Waals surface area (Å²) < 4.78 is 13.7. The lowest BCUT2D eigenvalue weighted by Gasteiger charge is -2.10. The molecule has 0 saturated heterocycles. The van der Waals surface area contributed by atoms with Crippen molar-refractivity contribution in [2.24, 2.45) is 0 Å². The van der Waals surface area contributed by atoms with Crippen LogP contribution in [0.4, 0.5) is 27.4 Å². The summed E-state index contributed by atoms with van der Waals surface area (Å²) in [6.07, 6.45) is 1.43. The van der Waals surface area contributed by atoms with Crippen LogP contribution in [-0.4, -0.2) is 15.9 Å². The van der Waals surface area contributed by atoms with Crippen LogP contribution in [-0.2, 0) is 11.3 Å². The number of nitrogens with one attached hydrogen (secondary N) is 3. The van der Waals surface area contributed by atoms with Gasteiger partial charge < -0.3 is 16.0 Å². The fourth-order valence-corrected chi connectivity index (χ4v) is 2.34. The standard InChI is InChI=1S/C19H18FN5O/c1-13(26)24-15-6-8-16(9-7-15)25-19-10-18(22-12-23-19)21-11-14-4-2-3-5-17(14)20/h2-10,12H,11H2,1H3,(H,24,26)(H2,21,22,23,25). The fraction of sp³-hybridized carbons (Fsp3) is 0.105. The van der Waals surface area contributed by atoms with E-state index < -0.39 is 0 Å². The van der Waals surface area contributed by atoms with Crippen LogP contribution < -0.4 is 16.0 Å². The lowest BCUT2D eigenvalue weighted by molar-refractivity contribution is -0.114. The predicted molar refractivity (Wildman–Crippen MR) is 99.8 cm³/mol. The van der Waals surface area contributed by atoms with Gasteiger partial charge in [-0.05, 0) is 30.3 Å². The van der Waals surface area contributed by atoms with Crippen molar-refractivity contribution in [3.05, 3.63) is 72.3 Å². The van der Waals surface area contributed by atoms with Gasteiger partial charge in [0.15, 0.2) is 0 Å². The molecule has 0 unspecified atom stereocenters. The number of hydrogen-bond donors (Lipinski definition) is 3. The Bertz CT molecular complexity index is 898. The molecule has 3 rings (SSSR count). The number of amides is 1. The maximum absolute atomic E-state index is 13.7. The molecule has 0 aliphatic rings. The van der Waals surface area contributed by atoms with E-state index in [9.17, 15) is 9.18 Å². The molecular formula is C19H18FN5O. The molecule has 2 aromatic carbocycles. The SMILES string of the molecule is CC(=O)Nc1ccc(Nc2cc(NCc3ccccc3F)ncn2)cc1. The van der Waals surface area contributed by atoms with Crippen molar-refractivity contribution < 1.29 is 9.18 Å². The Labute approximate surface area is 150 Å². The van der Waals surface area contributed by atoms with Crippen LogP contribution in [0.15, 0.2) is 60.9 Å². The van der Waals surface area contributed by atoms with Crippen LogP contribution in [0.25, 0.3) is 0 Å². The van der Waals surface area contributed by atoms with Gasteiger partial charge in [0.25, 0.3) is 0 Å². The second-order valence-corrected chi connectivity index (χ2v) is 5.62. The molecule has 26 heavy (non-hydrogen) atoms. The van der Waals surface area contributed by atoms with E-state index in [0.29, 0.717) is 23.7 Å². The first-order valence-corrected chi connectivity index (χ1v) is 8.04. The summed E-state index contributed by atoms with van der Waals surface area (Å²) in [5, 5.41) is 8.95. The van der Waals surface area contributed by atoms with Gasteiger partial charge in [0.1, 0.15) is 23.8 Å². The molecule has 7 heteroatoms. The third kappa shape index (κ3) is 4.76. The van der Waals surface area contributed by atoms with Crippen molar-refractivity contribution in [1.29, 1.82) is 0 Å². The largest absolute Gasteiger partial charge is 0.366 e. The van der Waals surface area contributed by atoms with Crippen molar-refractivity contribution in [2.45, 2.75) is 13.5 Å². The molecule has 6 nitrogen and oxygen atoms in total. The zero-order chi connectivity index (χ0) is 18.4. The number of anilines is 4. The molecule has 0 aliphatic carbocycles. The highest BCUT2D eigenvalue weighted by atomic mass is 19.1. The van der Waals surface area contributed by atoms with E-state index in [1.165, 1.54) is 19.3 Å². The summed E-state index contributed by atoms with van der Waals surface area (Å²) in [5.41, 5.74) is 2.10. The lowest BCUT2D eigenvalue weighted by Crippen LogP contribution is -2.06. The van der Waals surface area contributed by atoms with E-state index in [-0.39, 0.29) is 11.7 Å². The number of carbonyl (C=O) groups excluding carboxylic acids is 1. The van der Waals surface area contributed by atoms with E-state index in [4.69, 9.17) is 0 Å². The van der Waals surface area contributed by atoms with E-state index in [1.54, 1.807) is 36.4 Å². The lowest BCUT2D eigenvalue weighted by atomic mass is 10.2. The summed E-state index contributed by atoms with van der Waals surface area (Å²) in [4.78, 5) is 19.3. The fourth-order valence-electron chi connectivity index (χ4n) is 2.34. The average molecular weight is 351 g/mol. The monoisotopic (exact) mass is 351 g/mol. The minimum atomic E-state index is -0.258. The Kier molecular flexibility index (Phi) is 5.38. The Morgan fingerprint density at radius 1 is 1.00 bits per heavy atom. The molecule has 3 N–H and O–H groups in total. The number of benzene rings is 2. The first-order valence-electron chi connectivity index (χ1n) is 8.04. The topological polar surface area (TPSA) is 78.9 Å². The van der Waals surface area contributed by atoms with Gasteiger partial charge >= 0.3 is 0 Å². The smallest absolute Gasteiger partial charge is 0.221 e. The van der Waals surface area contributed by atoms with Crippen LogP contribution in [0, 0.1) is 5.82 Å². The number of aromatic nitrogens is 2. The van der Waals surface area contributed by atoms with Crippen LogP contribution in [0.2, 0.25) is 0 Å². The number of nitrogens with zero attached hydrogens (tertiary/aromatic N) is 2. The normalized spacial score (nSPS) is 10.2. The molecule has 0 fully saturated rings. The predicted octanol–water partition coefficient (Wildman–Crippen LogP) is 3.93. The van der Waals surface area contributed by atoms with Gasteiger partial charge in [-0.15, -0.1) is 0 Å². The van der Waals surface area contributed by atoms with Gasteiger partial charge in [-0.1, -0.05) is 18.2 Å². The summed E-state index contributed by atoms with van der Waals surface area (Å²) in [7, 11) is 0. The van der Waals surface area contributed by atoms with Crippen molar-refractivity contribution in [3.8, 4) is 0 Å². The summed E-state index contributed by atoms with van der Waals surface area (Å²) >= 11 is 0. The first-order chi connectivity index (χ1) is 12.6. The third-order valence-electron chi connectivity index (χ3n) is 3.56. The molecule has 0 saturated carbocycles. The highest BCUT2D eigenvalue weighted by molar-refractivity contribution is 5.88. The highest BCUT2D eigenvalue weighted by Crippen LogP contribution is 2.19. The molecule has 132 valence electrons. The summed E-state index contributed by atoms with van der Waals surface area (Å²) in [5.74, 6) is 0.808. The van der Waals surface area contributed by atoms with Crippen molar-refractivity contribution in [3.63, 3.8) is 0 Å². The summed E-state index contributed by atoms with van der Waals surface area (Å²) in [6, 6.07) is 15.6. The number of hydrogen-bond acceptors (Lipinski definition) is 5. The van der Waals surface area contributed by atoms with Crippen molar-refractivity contribution in [1.82, 2.24) is 9.97 Å². The Hall–Kier alpha value is -3.48. The van der Waals surface area contributed by atoms with Gasteiger partial charge in [-0.2, -0.15) is 0 Å². The average Bonchev–Trinajstić information content (AvgIpc) is 2.63. The molecule has 3 aromatic rings. The highest BCUT2D eigenvalue weighted by Gasteiger charge is 2.03.